The second-order valence-corrected chi connectivity index (χ2v) is 6.07. The van der Waals surface area contributed by atoms with E-state index < -0.39 is 0 Å². The van der Waals surface area contributed by atoms with Crippen molar-refractivity contribution in [1.29, 1.82) is 0 Å². The summed E-state index contributed by atoms with van der Waals surface area (Å²) in [5.41, 5.74) is 8.75. The first kappa shape index (κ1) is 14.1. The lowest BCUT2D eigenvalue weighted by atomic mass is 10.0. The Balaban J connectivity index is 2.51. The van der Waals surface area contributed by atoms with E-state index in [1.807, 2.05) is 12.1 Å². The number of aromatic nitrogens is 1. The molecule has 0 bridgehead atoms. The van der Waals surface area contributed by atoms with Gasteiger partial charge in [0.05, 0.1) is 23.1 Å². The summed E-state index contributed by atoms with van der Waals surface area (Å²) >= 11 is 3.51. The number of hydrogen-bond donors (Lipinski definition) is 2. The summed E-state index contributed by atoms with van der Waals surface area (Å²) in [7, 11) is 0. The van der Waals surface area contributed by atoms with Gasteiger partial charge in [-0.2, -0.15) is 0 Å². The normalized spacial score (nSPS) is 12.9. The molecule has 3 N–H and O–H groups in total. The molecule has 1 heterocycles. The predicted molar refractivity (Wildman–Crippen MR) is 86.4 cm³/mol. The average molecular weight is 322 g/mol. The van der Waals surface area contributed by atoms with Gasteiger partial charge in [-0.05, 0) is 30.5 Å². The van der Waals surface area contributed by atoms with Crippen LogP contribution in [0.5, 0.6) is 0 Å². The molecule has 0 aliphatic carbocycles. The van der Waals surface area contributed by atoms with Gasteiger partial charge in [0.25, 0.3) is 0 Å². The van der Waals surface area contributed by atoms with Crippen LogP contribution in [0.4, 0.5) is 11.4 Å². The monoisotopic (exact) mass is 321 g/mol. The molecule has 1 atom stereocenters. The molecular formula is C15H20BrN3. The topological polar surface area (TPSA) is 50.9 Å². The van der Waals surface area contributed by atoms with E-state index in [0.717, 1.165) is 27.5 Å². The van der Waals surface area contributed by atoms with E-state index in [-0.39, 0.29) is 0 Å². The maximum Gasteiger partial charge on any atom is 0.0743 e. The van der Waals surface area contributed by atoms with Gasteiger partial charge in [-0.3, -0.25) is 4.98 Å². The van der Waals surface area contributed by atoms with Crippen molar-refractivity contribution in [2.24, 2.45) is 5.92 Å². The SMILES string of the molecule is CCC(Nc1c(N)cnc2ccc(Br)cc12)C(C)C. The lowest BCUT2D eigenvalue weighted by molar-refractivity contribution is 0.512. The summed E-state index contributed by atoms with van der Waals surface area (Å²) in [5.74, 6) is 0.555. The Morgan fingerprint density at radius 3 is 2.74 bits per heavy atom. The highest BCUT2D eigenvalue weighted by molar-refractivity contribution is 9.10. The fraction of sp³-hybridized carbons (Fsp3) is 0.400. The number of nitrogens with zero attached hydrogens (tertiary/aromatic N) is 1. The number of nitrogens with one attached hydrogen (secondary N) is 1. The van der Waals surface area contributed by atoms with Gasteiger partial charge in [0.15, 0.2) is 0 Å². The molecule has 2 aromatic rings. The van der Waals surface area contributed by atoms with Crippen LogP contribution in [0.25, 0.3) is 10.9 Å². The Hall–Kier alpha value is -1.29. The van der Waals surface area contributed by atoms with E-state index in [1.54, 1.807) is 6.20 Å². The van der Waals surface area contributed by atoms with Crippen LogP contribution < -0.4 is 11.1 Å². The lowest BCUT2D eigenvalue weighted by Crippen LogP contribution is -2.25. The Bertz CT molecular complexity index is 576. The van der Waals surface area contributed by atoms with Crippen LogP contribution >= 0.6 is 15.9 Å². The summed E-state index contributed by atoms with van der Waals surface area (Å²) in [4.78, 5) is 4.37. The number of rotatable bonds is 4. The molecular weight excluding hydrogens is 302 g/mol. The van der Waals surface area contributed by atoms with Crippen LogP contribution in [0.2, 0.25) is 0 Å². The van der Waals surface area contributed by atoms with Crippen molar-refractivity contribution in [3.8, 4) is 0 Å². The molecule has 0 aliphatic heterocycles. The van der Waals surface area contributed by atoms with E-state index in [9.17, 15) is 0 Å². The van der Waals surface area contributed by atoms with Gasteiger partial charge in [-0.1, -0.05) is 36.7 Å². The van der Waals surface area contributed by atoms with Crippen molar-refractivity contribution >= 4 is 38.2 Å². The van der Waals surface area contributed by atoms with Crippen molar-refractivity contribution in [2.45, 2.75) is 33.2 Å². The van der Waals surface area contributed by atoms with Crippen LogP contribution in [0.1, 0.15) is 27.2 Å². The van der Waals surface area contributed by atoms with Crippen molar-refractivity contribution in [3.05, 3.63) is 28.9 Å². The molecule has 0 saturated carbocycles. The highest BCUT2D eigenvalue weighted by Crippen LogP contribution is 2.31. The summed E-state index contributed by atoms with van der Waals surface area (Å²) < 4.78 is 1.04. The van der Waals surface area contributed by atoms with Gasteiger partial charge in [0.1, 0.15) is 0 Å². The van der Waals surface area contributed by atoms with E-state index in [2.05, 4.69) is 53.1 Å². The van der Waals surface area contributed by atoms with E-state index in [0.29, 0.717) is 17.6 Å². The maximum absolute atomic E-state index is 6.10. The fourth-order valence-electron chi connectivity index (χ4n) is 2.27. The zero-order chi connectivity index (χ0) is 14.0. The third kappa shape index (κ3) is 3.00. The molecule has 0 saturated heterocycles. The van der Waals surface area contributed by atoms with Crippen molar-refractivity contribution in [3.63, 3.8) is 0 Å². The number of nitrogens with two attached hydrogens (primary N) is 1. The van der Waals surface area contributed by atoms with Crippen LogP contribution in [0.15, 0.2) is 28.9 Å². The molecule has 102 valence electrons. The van der Waals surface area contributed by atoms with Gasteiger partial charge in [-0.15, -0.1) is 0 Å². The number of benzene rings is 1. The Morgan fingerprint density at radius 2 is 2.11 bits per heavy atom. The molecule has 0 spiro atoms. The predicted octanol–water partition coefficient (Wildman–Crippen LogP) is 4.43. The van der Waals surface area contributed by atoms with E-state index >= 15 is 0 Å². The highest BCUT2D eigenvalue weighted by Gasteiger charge is 2.14. The minimum absolute atomic E-state index is 0.409. The fourth-order valence-corrected chi connectivity index (χ4v) is 2.63. The summed E-state index contributed by atoms with van der Waals surface area (Å²) in [6, 6.07) is 6.47. The lowest BCUT2D eigenvalue weighted by Gasteiger charge is -2.24. The number of anilines is 2. The van der Waals surface area contributed by atoms with Gasteiger partial charge in [0, 0.05) is 15.9 Å². The molecule has 1 aromatic heterocycles. The molecule has 19 heavy (non-hydrogen) atoms. The third-order valence-corrected chi connectivity index (χ3v) is 3.93. The van der Waals surface area contributed by atoms with Crippen LogP contribution in [-0.2, 0) is 0 Å². The molecule has 0 radical (unpaired) electrons. The molecule has 0 aliphatic rings. The number of fused-ring (bicyclic) bond motifs is 1. The second kappa shape index (κ2) is 5.78. The second-order valence-electron chi connectivity index (χ2n) is 5.15. The van der Waals surface area contributed by atoms with E-state index in [4.69, 9.17) is 5.73 Å². The molecule has 0 fully saturated rings. The average Bonchev–Trinajstić information content (AvgIpc) is 2.37. The van der Waals surface area contributed by atoms with Gasteiger partial charge >= 0.3 is 0 Å². The molecule has 1 unspecified atom stereocenters. The number of nitrogen functional groups attached to an aromatic ring is 1. The highest BCUT2D eigenvalue weighted by atomic mass is 79.9. The quantitative estimate of drug-likeness (QED) is 0.876. The maximum atomic E-state index is 6.10. The van der Waals surface area contributed by atoms with Crippen LogP contribution in [0.3, 0.4) is 0 Å². The molecule has 1 aromatic carbocycles. The summed E-state index contributed by atoms with van der Waals surface area (Å²) in [5, 5.41) is 4.64. The zero-order valence-corrected chi connectivity index (χ0v) is 13.2. The number of hydrogen-bond acceptors (Lipinski definition) is 3. The Labute approximate surface area is 122 Å². The Kier molecular flexibility index (Phi) is 4.30. The summed E-state index contributed by atoms with van der Waals surface area (Å²) in [6.45, 7) is 6.63. The standard InChI is InChI=1S/C15H20BrN3/c1-4-13(9(2)3)19-15-11-7-10(16)5-6-14(11)18-8-12(15)17/h5-9,13H,4,17H2,1-3H3,(H,18,19). The third-order valence-electron chi connectivity index (χ3n) is 3.43. The first-order chi connectivity index (χ1) is 9.02. The van der Waals surface area contributed by atoms with Crippen LogP contribution in [-0.4, -0.2) is 11.0 Å². The van der Waals surface area contributed by atoms with Gasteiger partial charge in [0.2, 0.25) is 0 Å². The zero-order valence-electron chi connectivity index (χ0n) is 11.6. The minimum atomic E-state index is 0.409. The molecule has 4 heteroatoms. The van der Waals surface area contributed by atoms with Crippen molar-refractivity contribution in [2.75, 3.05) is 11.1 Å². The van der Waals surface area contributed by atoms with E-state index in [1.165, 1.54) is 0 Å². The minimum Gasteiger partial charge on any atom is -0.396 e. The van der Waals surface area contributed by atoms with Gasteiger partial charge in [-0.25, -0.2) is 0 Å². The Morgan fingerprint density at radius 1 is 1.37 bits per heavy atom. The largest absolute Gasteiger partial charge is 0.396 e. The van der Waals surface area contributed by atoms with Crippen LogP contribution in [0, 0.1) is 5.92 Å². The summed E-state index contributed by atoms with van der Waals surface area (Å²) in [6.07, 6.45) is 2.79. The smallest absolute Gasteiger partial charge is 0.0743 e. The molecule has 0 amide bonds. The number of halogens is 1. The first-order valence-corrected chi connectivity index (χ1v) is 7.42. The molecule has 3 nitrogen and oxygen atoms in total. The van der Waals surface area contributed by atoms with Crippen molar-refractivity contribution in [1.82, 2.24) is 4.98 Å². The van der Waals surface area contributed by atoms with Crippen molar-refractivity contribution < 1.29 is 0 Å². The first-order valence-electron chi connectivity index (χ1n) is 6.63. The van der Waals surface area contributed by atoms with Gasteiger partial charge < -0.3 is 11.1 Å². The molecule has 2 rings (SSSR count). The number of pyridine rings is 1.